The molecular weight excluding hydrogens is 406 g/mol. The molecule has 0 aliphatic heterocycles. The number of rotatable bonds is 10. The molecule has 160 valence electrons. The summed E-state index contributed by atoms with van der Waals surface area (Å²) in [7, 11) is 0. The molecule has 1 amide bonds. The fourth-order valence-corrected chi connectivity index (χ4v) is 3.90. The third kappa shape index (κ3) is 6.72. The van der Waals surface area contributed by atoms with E-state index in [1.807, 2.05) is 78.9 Å². The number of nitrogens with one attached hydrogen (secondary N) is 1. The number of carbonyl (C=O) groups is 2. The first kappa shape index (κ1) is 22.6. The summed E-state index contributed by atoms with van der Waals surface area (Å²) in [5.41, 5.74) is 3.85. The molecule has 3 aromatic carbocycles. The smallest absolute Gasteiger partial charge is 0.330 e. The second kappa shape index (κ2) is 11.4. The Balaban J connectivity index is 1.69. The van der Waals surface area contributed by atoms with Gasteiger partial charge in [0.1, 0.15) is 0 Å². The van der Waals surface area contributed by atoms with E-state index < -0.39 is 12.0 Å². The number of hydrogen-bond donors (Lipinski definition) is 3. The second-order valence-electron chi connectivity index (χ2n) is 7.59. The number of carboxylic acids is 1. The fraction of sp³-hybridized carbons (Fsp3) is 0.231. The number of aliphatic carboxylic acids is 1. The van der Waals surface area contributed by atoms with Gasteiger partial charge in [-0.05, 0) is 41.5 Å². The number of carboxylic acid groups (broad SMARTS) is 1. The molecule has 0 fully saturated rings. The predicted octanol–water partition coefficient (Wildman–Crippen LogP) is 4.70. The maximum atomic E-state index is 12.8. The highest BCUT2D eigenvalue weighted by molar-refractivity contribution is 7.80. The zero-order valence-electron chi connectivity index (χ0n) is 17.3. The van der Waals surface area contributed by atoms with Crippen molar-refractivity contribution >= 4 is 24.5 Å². The van der Waals surface area contributed by atoms with Crippen LogP contribution in [0.2, 0.25) is 0 Å². The maximum absolute atomic E-state index is 12.8. The van der Waals surface area contributed by atoms with Crippen molar-refractivity contribution in [3.8, 4) is 0 Å². The number of thiol groups is 1. The molecule has 0 aliphatic carbocycles. The highest BCUT2D eigenvalue weighted by Crippen LogP contribution is 2.20. The Bertz CT molecular complexity index is 992. The molecule has 0 heterocycles. The van der Waals surface area contributed by atoms with Crippen LogP contribution in [0.4, 0.5) is 0 Å². The topological polar surface area (TPSA) is 66.4 Å². The van der Waals surface area contributed by atoms with Crippen LogP contribution >= 0.6 is 12.6 Å². The standard InChI is InChI=1S/C26H27NO3S/c28-25(23(18-31)15-14-19-8-3-1-4-9-19)27-24(26(29)30)22-13-7-12-21(17-22)16-20-10-5-2-6-11-20/h1-13,17,23-24,31H,14-16,18H2,(H,27,28)(H,29,30). The summed E-state index contributed by atoms with van der Waals surface area (Å²) in [5, 5.41) is 12.5. The van der Waals surface area contributed by atoms with Crippen LogP contribution in [0.1, 0.15) is 34.7 Å². The van der Waals surface area contributed by atoms with Crippen molar-refractivity contribution in [1.82, 2.24) is 5.32 Å². The summed E-state index contributed by atoms with van der Waals surface area (Å²) in [6.07, 6.45) is 2.05. The van der Waals surface area contributed by atoms with Crippen molar-refractivity contribution in [2.75, 3.05) is 5.75 Å². The largest absolute Gasteiger partial charge is 0.479 e. The molecule has 2 N–H and O–H groups in total. The minimum absolute atomic E-state index is 0.285. The molecule has 0 saturated carbocycles. The van der Waals surface area contributed by atoms with Crippen LogP contribution in [0.5, 0.6) is 0 Å². The monoisotopic (exact) mass is 433 g/mol. The van der Waals surface area contributed by atoms with Gasteiger partial charge in [0.2, 0.25) is 5.91 Å². The Morgan fingerprint density at radius 3 is 2.06 bits per heavy atom. The van der Waals surface area contributed by atoms with Crippen LogP contribution in [0.25, 0.3) is 0 Å². The molecule has 2 unspecified atom stereocenters. The minimum Gasteiger partial charge on any atom is -0.479 e. The predicted molar refractivity (Wildman–Crippen MR) is 126 cm³/mol. The molecule has 0 spiro atoms. The molecule has 0 aliphatic rings. The Hall–Kier alpha value is -3.05. The van der Waals surface area contributed by atoms with Gasteiger partial charge in [0.15, 0.2) is 6.04 Å². The molecule has 0 saturated heterocycles. The molecule has 4 nitrogen and oxygen atoms in total. The van der Waals surface area contributed by atoms with Gasteiger partial charge >= 0.3 is 5.97 Å². The Kier molecular flexibility index (Phi) is 8.30. The van der Waals surface area contributed by atoms with E-state index in [4.69, 9.17) is 0 Å². The van der Waals surface area contributed by atoms with Gasteiger partial charge in [0, 0.05) is 11.7 Å². The summed E-state index contributed by atoms with van der Waals surface area (Å²) in [5.74, 6) is -1.37. The number of carbonyl (C=O) groups excluding carboxylic acids is 1. The fourth-order valence-electron chi connectivity index (χ4n) is 3.55. The van der Waals surface area contributed by atoms with E-state index in [2.05, 4.69) is 17.9 Å². The lowest BCUT2D eigenvalue weighted by Crippen LogP contribution is -2.38. The highest BCUT2D eigenvalue weighted by Gasteiger charge is 2.26. The van der Waals surface area contributed by atoms with E-state index in [1.165, 1.54) is 0 Å². The average molecular weight is 434 g/mol. The van der Waals surface area contributed by atoms with Gasteiger partial charge in [0.05, 0.1) is 0 Å². The summed E-state index contributed by atoms with van der Waals surface area (Å²) < 4.78 is 0. The quantitative estimate of drug-likeness (QED) is 0.406. The molecule has 3 aromatic rings. The van der Waals surface area contributed by atoms with Crippen molar-refractivity contribution in [1.29, 1.82) is 0 Å². The van der Waals surface area contributed by atoms with Gasteiger partial charge in [-0.1, -0.05) is 84.9 Å². The van der Waals surface area contributed by atoms with Crippen LogP contribution in [-0.2, 0) is 22.4 Å². The van der Waals surface area contributed by atoms with E-state index in [0.717, 1.165) is 23.1 Å². The SMILES string of the molecule is O=C(NC(C(=O)O)c1cccc(Cc2ccccc2)c1)C(CS)CCc1ccccc1. The van der Waals surface area contributed by atoms with Crippen LogP contribution < -0.4 is 5.32 Å². The molecular formula is C26H27NO3S. The van der Waals surface area contributed by atoms with Gasteiger partial charge < -0.3 is 10.4 Å². The van der Waals surface area contributed by atoms with Crippen molar-refractivity contribution in [2.45, 2.75) is 25.3 Å². The van der Waals surface area contributed by atoms with Gasteiger partial charge in [0.25, 0.3) is 0 Å². The highest BCUT2D eigenvalue weighted by atomic mass is 32.1. The number of amides is 1. The average Bonchev–Trinajstić information content (AvgIpc) is 2.79. The van der Waals surface area contributed by atoms with Crippen molar-refractivity contribution in [3.63, 3.8) is 0 Å². The molecule has 0 aromatic heterocycles. The van der Waals surface area contributed by atoms with Crippen molar-refractivity contribution in [3.05, 3.63) is 107 Å². The van der Waals surface area contributed by atoms with Gasteiger partial charge in [-0.2, -0.15) is 12.6 Å². The van der Waals surface area contributed by atoms with Crippen molar-refractivity contribution < 1.29 is 14.7 Å². The molecule has 31 heavy (non-hydrogen) atoms. The van der Waals surface area contributed by atoms with E-state index in [0.29, 0.717) is 24.2 Å². The Morgan fingerprint density at radius 1 is 0.839 bits per heavy atom. The van der Waals surface area contributed by atoms with Crippen LogP contribution in [0.3, 0.4) is 0 Å². The number of hydrogen-bond acceptors (Lipinski definition) is 3. The molecule has 5 heteroatoms. The van der Waals surface area contributed by atoms with E-state index in [-0.39, 0.29) is 11.8 Å². The maximum Gasteiger partial charge on any atom is 0.330 e. The van der Waals surface area contributed by atoms with Gasteiger partial charge in [-0.25, -0.2) is 4.79 Å². The molecule has 0 bridgehead atoms. The minimum atomic E-state index is -1.10. The molecule has 0 radical (unpaired) electrons. The van der Waals surface area contributed by atoms with Crippen LogP contribution in [0.15, 0.2) is 84.9 Å². The first-order valence-electron chi connectivity index (χ1n) is 10.4. The second-order valence-corrected chi connectivity index (χ2v) is 7.96. The van der Waals surface area contributed by atoms with E-state index in [9.17, 15) is 14.7 Å². The van der Waals surface area contributed by atoms with Crippen LogP contribution in [0, 0.1) is 5.92 Å². The first-order valence-corrected chi connectivity index (χ1v) is 11.0. The Morgan fingerprint density at radius 2 is 1.45 bits per heavy atom. The zero-order valence-corrected chi connectivity index (χ0v) is 18.2. The van der Waals surface area contributed by atoms with E-state index >= 15 is 0 Å². The van der Waals surface area contributed by atoms with Crippen molar-refractivity contribution in [2.24, 2.45) is 5.92 Å². The normalized spacial score (nSPS) is 12.7. The number of aryl methyl sites for hydroxylation is 1. The summed E-state index contributed by atoms with van der Waals surface area (Å²) in [6, 6.07) is 26.2. The van der Waals surface area contributed by atoms with Gasteiger partial charge in [-0.3, -0.25) is 4.79 Å². The summed E-state index contributed by atoms with van der Waals surface area (Å²) in [6.45, 7) is 0. The lowest BCUT2D eigenvalue weighted by atomic mass is 9.97. The third-order valence-electron chi connectivity index (χ3n) is 5.28. The molecule has 2 atom stereocenters. The summed E-state index contributed by atoms with van der Waals surface area (Å²) in [4.78, 5) is 24.8. The third-order valence-corrected chi connectivity index (χ3v) is 5.73. The zero-order chi connectivity index (χ0) is 22.1. The summed E-state index contributed by atoms with van der Waals surface area (Å²) >= 11 is 4.33. The van der Waals surface area contributed by atoms with Crippen LogP contribution in [-0.4, -0.2) is 22.7 Å². The van der Waals surface area contributed by atoms with Gasteiger partial charge in [-0.15, -0.1) is 0 Å². The lowest BCUT2D eigenvalue weighted by Gasteiger charge is -2.20. The number of benzene rings is 3. The molecule has 3 rings (SSSR count). The van der Waals surface area contributed by atoms with E-state index in [1.54, 1.807) is 6.07 Å². The lowest BCUT2D eigenvalue weighted by molar-refractivity contribution is -0.142. The first-order chi connectivity index (χ1) is 15.1. The Labute approximate surface area is 188 Å².